The highest BCUT2D eigenvalue weighted by atomic mass is 32.2. The molecule has 1 atom stereocenters. The molecule has 2 heterocycles. The summed E-state index contributed by atoms with van der Waals surface area (Å²) in [4.78, 5) is 2.68. The van der Waals surface area contributed by atoms with E-state index in [1.807, 2.05) is 19.9 Å². The summed E-state index contributed by atoms with van der Waals surface area (Å²) in [6, 6.07) is 15.7. The number of sulfonamides is 1. The zero-order chi connectivity index (χ0) is 22.0. The van der Waals surface area contributed by atoms with Crippen molar-refractivity contribution in [2.45, 2.75) is 38.6 Å². The van der Waals surface area contributed by atoms with Gasteiger partial charge in [0.05, 0.1) is 10.6 Å². The van der Waals surface area contributed by atoms with Crippen molar-refractivity contribution in [2.24, 2.45) is 5.92 Å². The van der Waals surface area contributed by atoms with Crippen LogP contribution in [0.15, 0.2) is 57.9 Å². The van der Waals surface area contributed by atoms with Crippen LogP contribution in [0.3, 0.4) is 0 Å². The molecule has 31 heavy (non-hydrogen) atoms. The summed E-state index contributed by atoms with van der Waals surface area (Å²) in [6.45, 7) is 8.96. The van der Waals surface area contributed by atoms with E-state index in [0.29, 0.717) is 29.3 Å². The maximum atomic E-state index is 13.0. The lowest BCUT2D eigenvalue weighted by molar-refractivity contribution is 0.316. The molecule has 164 valence electrons. The van der Waals surface area contributed by atoms with Crippen molar-refractivity contribution in [3.63, 3.8) is 0 Å². The summed E-state index contributed by atoms with van der Waals surface area (Å²) in [6.07, 6.45) is 0.991. The number of likely N-dealkylation sites (tertiary alicyclic amines) is 1. The zero-order valence-corrected chi connectivity index (χ0v) is 19.1. The highest BCUT2D eigenvalue weighted by Gasteiger charge is 2.25. The molecular formula is C24H29N3O3S. The minimum Gasteiger partial charge on any atom is -0.356 e. The largest absolute Gasteiger partial charge is 0.356 e. The number of hydrogen-bond acceptors (Lipinski definition) is 5. The Hall–Kier alpha value is -2.48. The van der Waals surface area contributed by atoms with Crippen molar-refractivity contribution in [3.05, 3.63) is 70.9 Å². The smallest absolute Gasteiger partial charge is 0.240 e. The van der Waals surface area contributed by atoms with E-state index >= 15 is 0 Å². The molecule has 0 amide bonds. The number of hydrogen-bond donors (Lipinski definition) is 1. The molecule has 0 aliphatic carbocycles. The molecular weight excluding hydrogens is 410 g/mol. The minimum absolute atomic E-state index is 0.286. The lowest BCUT2D eigenvalue weighted by Gasteiger charge is -2.17. The Morgan fingerprint density at radius 2 is 1.87 bits per heavy atom. The van der Waals surface area contributed by atoms with Crippen LogP contribution in [0.1, 0.15) is 28.8 Å². The highest BCUT2D eigenvalue weighted by Crippen LogP contribution is 2.26. The van der Waals surface area contributed by atoms with E-state index in [1.54, 1.807) is 18.2 Å². The van der Waals surface area contributed by atoms with Gasteiger partial charge in [0.25, 0.3) is 0 Å². The molecule has 4 rings (SSSR count). The fraction of sp³-hybridized carbons (Fsp3) is 0.375. The van der Waals surface area contributed by atoms with Crippen molar-refractivity contribution >= 4 is 10.0 Å². The van der Waals surface area contributed by atoms with Crippen LogP contribution in [0.2, 0.25) is 0 Å². The topological polar surface area (TPSA) is 75.4 Å². The second kappa shape index (κ2) is 8.94. The Bertz CT molecular complexity index is 1150. The number of aromatic nitrogens is 1. The summed E-state index contributed by atoms with van der Waals surface area (Å²) >= 11 is 0. The molecule has 1 aromatic heterocycles. The van der Waals surface area contributed by atoms with Gasteiger partial charge in [-0.15, -0.1) is 0 Å². The number of nitrogens with zero attached hydrogens (tertiary/aromatic N) is 2. The van der Waals surface area contributed by atoms with Gasteiger partial charge in [-0.2, -0.15) is 0 Å². The number of nitrogens with one attached hydrogen (secondary N) is 1. The molecule has 0 bridgehead atoms. The second-order valence-corrected chi connectivity index (χ2v) is 10.3. The van der Waals surface area contributed by atoms with Crippen LogP contribution in [-0.2, 0) is 16.6 Å². The molecule has 1 fully saturated rings. The van der Waals surface area contributed by atoms with Gasteiger partial charge in [-0.05, 0) is 56.8 Å². The Kier molecular flexibility index (Phi) is 6.27. The van der Waals surface area contributed by atoms with E-state index in [1.165, 1.54) is 11.1 Å². The Morgan fingerprint density at radius 3 is 2.58 bits per heavy atom. The quantitative estimate of drug-likeness (QED) is 0.601. The third-order valence-corrected chi connectivity index (χ3v) is 7.41. The molecule has 0 spiro atoms. The van der Waals surface area contributed by atoms with Gasteiger partial charge in [0.1, 0.15) is 0 Å². The average Bonchev–Trinajstić information content (AvgIpc) is 3.37. The van der Waals surface area contributed by atoms with Gasteiger partial charge in [-0.25, -0.2) is 13.1 Å². The van der Waals surface area contributed by atoms with Crippen LogP contribution < -0.4 is 4.72 Å². The summed E-state index contributed by atoms with van der Waals surface area (Å²) in [5.74, 6) is 0.872. The highest BCUT2D eigenvalue weighted by molar-refractivity contribution is 7.89. The van der Waals surface area contributed by atoms with Crippen LogP contribution in [0.25, 0.3) is 11.3 Å². The Balaban J connectivity index is 1.39. The Labute approximate surface area is 184 Å². The van der Waals surface area contributed by atoms with Crippen molar-refractivity contribution in [1.82, 2.24) is 14.8 Å². The lowest BCUT2D eigenvalue weighted by Crippen LogP contribution is -2.31. The third kappa shape index (κ3) is 5.23. The fourth-order valence-corrected chi connectivity index (χ4v) is 5.41. The van der Waals surface area contributed by atoms with E-state index in [-0.39, 0.29) is 4.90 Å². The van der Waals surface area contributed by atoms with Crippen LogP contribution in [0.4, 0.5) is 0 Å². The normalized spacial score (nSPS) is 17.3. The van der Waals surface area contributed by atoms with Crippen LogP contribution in [0, 0.1) is 26.7 Å². The molecule has 6 nitrogen and oxygen atoms in total. The van der Waals surface area contributed by atoms with Gasteiger partial charge >= 0.3 is 0 Å². The van der Waals surface area contributed by atoms with Crippen molar-refractivity contribution in [2.75, 3.05) is 19.6 Å². The zero-order valence-electron chi connectivity index (χ0n) is 18.3. The second-order valence-electron chi connectivity index (χ2n) is 8.54. The first-order valence-electron chi connectivity index (χ1n) is 10.6. The van der Waals surface area contributed by atoms with Gasteiger partial charge in [0.15, 0.2) is 5.76 Å². The van der Waals surface area contributed by atoms with E-state index in [0.717, 1.165) is 31.7 Å². The van der Waals surface area contributed by atoms with E-state index in [2.05, 4.69) is 46.0 Å². The van der Waals surface area contributed by atoms with Gasteiger partial charge in [-0.3, -0.25) is 4.90 Å². The molecule has 3 aromatic rings. The first kappa shape index (κ1) is 21.7. The van der Waals surface area contributed by atoms with Gasteiger partial charge in [0, 0.05) is 31.3 Å². The van der Waals surface area contributed by atoms with E-state index < -0.39 is 10.0 Å². The first-order valence-corrected chi connectivity index (χ1v) is 12.1. The van der Waals surface area contributed by atoms with Crippen molar-refractivity contribution in [1.29, 1.82) is 0 Å². The average molecular weight is 440 g/mol. The fourth-order valence-electron chi connectivity index (χ4n) is 4.02. The molecule has 7 heteroatoms. The third-order valence-electron chi connectivity index (χ3n) is 5.85. The predicted octanol–water partition coefficient (Wildman–Crippen LogP) is 4.07. The summed E-state index contributed by atoms with van der Waals surface area (Å²) in [5.41, 5.74) is 4.73. The Morgan fingerprint density at radius 1 is 1.10 bits per heavy atom. The number of aryl methyl sites for hydroxylation is 3. The van der Waals surface area contributed by atoms with Crippen LogP contribution in [0.5, 0.6) is 0 Å². The van der Waals surface area contributed by atoms with Crippen LogP contribution in [-0.4, -0.2) is 38.1 Å². The monoisotopic (exact) mass is 439 g/mol. The molecule has 0 unspecified atom stereocenters. The predicted molar refractivity (Wildman–Crippen MR) is 121 cm³/mol. The van der Waals surface area contributed by atoms with Crippen molar-refractivity contribution < 1.29 is 12.9 Å². The molecule has 1 aliphatic rings. The summed E-state index contributed by atoms with van der Waals surface area (Å²) < 4.78 is 34.2. The molecule has 1 aliphatic heterocycles. The lowest BCUT2D eigenvalue weighted by atomic mass is 10.1. The molecule has 1 saturated heterocycles. The van der Waals surface area contributed by atoms with Crippen molar-refractivity contribution in [3.8, 4) is 11.3 Å². The molecule has 2 aromatic carbocycles. The van der Waals surface area contributed by atoms with E-state index in [4.69, 9.17) is 4.52 Å². The van der Waals surface area contributed by atoms with Gasteiger partial charge < -0.3 is 4.52 Å². The van der Waals surface area contributed by atoms with Gasteiger partial charge in [0.2, 0.25) is 10.0 Å². The maximum absolute atomic E-state index is 13.0. The molecule has 1 N–H and O–H groups in total. The molecule has 0 saturated carbocycles. The van der Waals surface area contributed by atoms with Gasteiger partial charge in [-0.1, -0.05) is 47.1 Å². The summed E-state index contributed by atoms with van der Waals surface area (Å²) in [7, 11) is -3.61. The number of benzene rings is 2. The minimum atomic E-state index is -3.61. The summed E-state index contributed by atoms with van der Waals surface area (Å²) in [5, 5.41) is 3.89. The standard InChI is InChI=1S/C24H29N3O3S/c1-17-4-7-20(8-5-17)15-27-11-10-21(16-27)14-25-31(28,29)24-13-22(9-6-18(24)2)23-12-19(3)26-30-23/h4-9,12-13,21,25H,10-11,14-16H2,1-3H3/t21-/m1/s1. The molecule has 0 radical (unpaired) electrons. The first-order chi connectivity index (χ1) is 14.8. The van der Waals surface area contributed by atoms with Crippen LogP contribution >= 0.6 is 0 Å². The SMILES string of the molecule is Cc1ccc(CN2CC[C@H](CNS(=O)(=O)c3cc(-c4cc(C)no4)ccc3C)C2)cc1. The number of rotatable bonds is 7. The maximum Gasteiger partial charge on any atom is 0.240 e. The van der Waals surface area contributed by atoms with E-state index in [9.17, 15) is 8.42 Å².